The summed E-state index contributed by atoms with van der Waals surface area (Å²) in [5.74, 6) is 1.73. The zero-order valence-corrected chi connectivity index (χ0v) is 14.6. The number of hydrogen-bond acceptors (Lipinski definition) is 4. The molecule has 2 heterocycles. The Bertz CT molecular complexity index is 682. The van der Waals surface area contributed by atoms with Crippen molar-refractivity contribution in [2.24, 2.45) is 0 Å². The number of pyridine rings is 1. The number of carbonyl (C=O) groups is 1. The second-order valence-electron chi connectivity index (χ2n) is 6.21. The lowest BCUT2D eigenvalue weighted by atomic mass is 10.1. The van der Waals surface area contributed by atoms with E-state index in [0.29, 0.717) is 6.42 Å². The van der Waals surface area contributed by atoms with Crippen molar-refractivity contribution in [3.8, 4) is 11.5 Å². The summed E-state index contributed by atoms with van der Waals surface area (Å²) in [4.78, 5) is 18.4. The highest BCUT2D eigenvalue weighted by atomic mass is 16.5. The number of piperidine rings is 1. The molecule has 25 heavy (non-hydrogen) atoms. The number of aromatic nitrogens is 1. The summed E-state index contributed by atoms with van der Waals surface area (Å²) in [6.07, 6.45) is 6.65. The molecule has 1 aliphatic rings. The maximum Gasteiger partial charge on any atom is 0.222 e. The Morgan fingerprint density at radius 2 is 1.92 bits per heavy atom. The fourth-order valence-electron chi connectivity index (χ4n) is 3.07. The summed E-state index contributed by atoms with van der Waals surface area (Å²) in [7, 11) is 1.64. The molecule has 1 saturated heterocycles. The number of aryl methyl sites for hydroxylation is 1. The van der Waals surface area contributed by atoms with E-state index >= 15 is 0 Å². The second kappa shape index (κ2) is 8.51. The van der Waals surface area contributed by atoms with Crippen LogP contribution in [-0.4, -0.2) is 42.1 Å². The number of ether oxygens (including phenoxy) is 2. The van der Waals surface area contributed by atoms with Gasteiger partial charge in [-0.15, -0.1) is 0 Å². The second-order valence-corrected chi connectivity index (χ2v) is 6.21. The molecule has 0 aliphatic carbocycles. The van der Waals surface area contributed by atoms with Gasteiger partial charge in [-0.05, 0) is 30.2 Å². The largest absolute Gasteiger partial charge is 0.493 e. The molecule has 0 bridgehead atoms. The van der Waals surface area contributed by atoms with E-state index in [1.165, 1.54) is 0 Å². The van der Waals surface area contributed by atoms with E-state index in [1.54, 1.807) is 13.3 Å². The van der Waals surface area contributed by atoms with Crippen LogP contribution in [0.1, 0.15) is 24.8 Å². The van der Waals surface area contributed by atoms with Crippen molar-refractivity contribution < 1.29 is 14.3 Å². The molecule has 1 fully saturated rings. The Morgan fingerprint density at radius 1 is 1.16 bits per heavy atom. The van der Waals surface area contributed by atoms with Crippen LogP contribution < -0.4 is 9.47 Å². The summed E-state index contributed by atoms with van der Waals surface area (Å²) in [6.45, 7) is 1.48. The fraction of sp³-hybridized carbons (Fsp3) is 0.400. The number of likely N-dealkylation sites (tertiary alicyclic amines) is 1. The normalized spacial score (nSPS) is 15.0. The summed E-state index contributed by atoms with van der Waals surface area (Å²) in [6, 6.07) is 11.6. The highest BCUT2D eigenvalue weighted by molar-refractivity contribution is 5.76. The van der Waals surface area contributed by atoms with E-state index in [0.717, 1.165) is 49.4 Å². The number of para-hydroxylation sites is 2. The number of carbonyl (C=O) groups excluding carboxylic acids is 1. The lowest BCUT2D eigenvalue weighted by Crippen LogP contribution is -2.41. The zero-order chi connectivity index (χ0) is 17.5. The van der Waals surface area contributed by atoms with E-state index in [4.69, 9.17) is 9.47 Å². The van der Waals surface area contributed by atoms with Crippen molar-refractivity contribution in [3.05, 3.63) is 54.4 Å². The molecule has 5 nitrogen and oxygen atoms in total. The fourth-order valence-corrected chi connectivity index (χ4v) is 3.07. The molecule has 1 amide bonds. The average molecular weight is 340 g/mol. The minimum Gasteiger partial charge on any atom is -0.493 e. The minimum absolute atomic E-state index is 0.124. The van der Waals surface area contributed by atoms with Crippen LogP contribution in [0.25, 0.3) is 0 Å². The van der Waals surface area contributed by atoms with Crippen LogP contribution in [0.4, 0.5) is 0 Å². The van der Waals surface area contributed by atoms with Crippen LogP contribution in [0.2, 0.25) is 0 Å². The van der Waals surface area contributed by atoms with Gasteiger partial charge in [0.1, 0.15) is 6.10 Å². The first kappa shape index (κ1) is 17.3. The van der Waals surface area contributed by atoms with Crippen LogP contribution in [0.5, 0.6) is 11.5 Å². The first-order valence-electron chi connectivity index (χ1n) is 8.72. The van der Waals surface area contributed by atoms with Gasteiger partial charge in [0.2, 0.25) is 5.91 Å². The molecule has 0 unspecified atom stereocenters. The monoisotopic (exact) mass is 340 g/mol. The first-order valence-corrected chi connectivity index (χ1v) is 8.72. The van der Waals surface area contributed by atoms with Crippen LogP contribution >= 0.6 is 0 Å². The third-order valence-electron chi connectivity index (χ3n) is 4.51. The molecular weight excluding hydrogens is 316 g/mol. The number of rotatable bonds is 6. The summed E-state index contributed by atoms with van der Waals surface area (Å²) >= 11 is 0. The molecular formula is C20H24N2O3. The number of hydrogen-bond donors (Lipinski definition) is 0. The third-order valence-corrected chi connectivity index (χ3v) is 4.51. The molecule has 0 radical (unpaired) electrons. The smallest absolute Gasteiger partial charge is 0.222 e. The molecule has 3 rings (SSSR count). The van der Waals surface area contributed by atoms with E-state index in [9.17, 15) is 4.79 Å². The van der Waals surface area contributed by atoms with Gasteiger partial charge < -0.3 is 14.4 Å². The SMILES string of the molecule is COc1ccccc1OC1CCN(C(=O)CCc2cccnc2)CC1. The Balaban J connectivity index is 1.46. The summed E-state index contributed by atoms with van der Waals surface area (Å²) in [5.41, 5.74) is 1.10. The van der Waals surface area contributed by atoms with Gasteiger partial charge in [-0.3, -0.25) is 9.78 Å². The molecule has 132 valence electrons. The molecule has 0 atom stereocenters. The number of methoxy groups -OCH3 is 1. The molecule has 0 spiro atoms. The lowest BCUT2D eigenvalue weighted by molar-refractivity contribution is -0.132. The van der Waals surface area contributed by atoms with E-state index < -0.39 is 0 Å². The highest BCUT2D eigenvalue weighted by Gasteiger charge is 2.24. The number of benzene rings is 1. The van der Waals surface area contributed by atoms with Gasteiger partial charge in [-0.2, -0.15) is 0 Å². The van der Waals surface area contributed by atoms with Gasteiger partial charge in [-0.25, -0.2) is 0 Å². The topological polar surface area (TPSA) is 51.7 Å². The van der Waals surface area contributed by atoms with Crippen molar-refractivity contribution in [2.45, 2.75) is 31.8 Å². The first-order chi connectivity index (χ1) is 12.3. The Hall–Kier alpha value is -2.56. The minimum atomic E-state index is 0.124. The zero-order valence-electron chi connectivity index (χ0n) is 14.6. The molecule has 2 aromatic rings. The molecule has 1 aliphatic heterocycles. The third kappa shape index (κ3) is 4.72. The molecule has 1 aromatic heterocycles. The number of nitrogens with zero attached hydrogens (tertiary/aromatic N) is 2. The van der Waals surface area contributed by atoms with Crippen LogP contribution in [0.3, 0.4) is 0 Å². The van der Waals surface area contributed by atoms with E-state index in [2.05, 4.69) is 4.98 Å². The van der Waals surface area contributed by atoms with Gasteiger partial charge in [0.25, 0.3) is 0 Å². The maximum atomic E-state index is 12.4. The Labute approximate surface area is 148 Å². The molecule has 1 aromatic carbocycles. The highest BCUT2D eigenvalue weighted by Crippen LogP contribution is 2.29. The summed E-state index contributed by atoms with van der Waals surface area (Å²) in [5, 5.41) is 0. The lowest BCUT2D eigenvalue weighted by Gasteiger charge is -2.32. The van der Waals surface area contributed by atoms with Crippen molar-refractivity contribution in [1.82, 2.24) is 9.88 Å². The van der Waals surface area contributed by atoms with Gasteiger partial charge >= 0.3 is 0 Å². The van der Waals surface area contributed by atoms with Crippen LogP contribution in [-0.2, 0) is 11.2 Å². The van der Waals surface area contributed by atoms with Gasteiger partial charge in [0, 0.05) is 44.7 Å². The molecule has 5 heteroatoms. The average Bonchev–Trinajstić information content (AvgIpc) is 2.68. The standard InChI is InChI=1S/C20H24N2O3/c1-24-18-6-2-3-7-19(18)25-17-10-13-22(14-11-17)20(23)9-8-16-5-4-12-21-15-16/h2-7,12,15,17H,8-11,13-14H2,1H3. The van der Waals surface area contributed by atoms with Gasteiger partial charge in [-0.1, -0.05) is 18.2 Å². The molecule has 0 N–H and O–H groups in total. The Morgan fingerprint density at radius 3 is 2.60 bits per heavy atom. The van der Waals surface area contributed by atoms with Crippen molar-refractivity contribution in [3.63, 3.8) is 0 Å². The van der Waals surface area contributed by atoms with Crippen LogP contribution in [0, 0.1) is 0 Å². The maximum absolute atomic E-state index is 12.4. The Kier molecular flexibility index (Phi) is 5.88. The van der Waals surface area contributed by atoms with Gasteiger partial charge in [0.05, 0.1) is 7.11 Å². The van der Waals surface area contributed by atoms with Gasteiger partial charge in [0.15, 0.2) is 11.5 Å². The quantitative estimate of drug-likeness (QED) is 0.811. The molecule has 0 saturated carbocycles. The predicted molar refractivity (Wildman–Crippen MR) is 95.8 cm³/mol. The van der Waals surface area contributed by atoms with Crippen LogP contribution in [0.15, 0.2) is 48.8 Å². The predicted octanol–water partition coefficient (Wildman–Crippen LogP) is 3.09. The number of amides is 1. The van der Waals surface area contributed by atoms with Crippen molar-refractivity contribution >= 4 is 5.91 Å². The van der Waals surface area contributed by atoms with E-state index in [1.807, 2.05) is 47.5 Å². The van der Waals surface area contributed by atoms with E-state index in [-0.39, 0.29) is 12.0 Å². The summed E-state index contributed by atoms with van der Waals surface area (Å²) < 4.78 is 11.4. The van der Waals surface area contributed by atoms with Crippen molar-refractivity contribution in [2.75, 3.05) is 20.2 Å². The van der Waals surface area contributed by atoms with Crippen molar-refractivity contribution in [1.29, 1.82) is 0 Å².